The number of rotatable bonds is 5. The summed E-state index contributed by atoms with van der Waals surface area (Å²) in [5, 5.41) is 3.08. The number of morpholine rings is 1. The molecule has 0 spiro atoms. The van der Waals surface area contributed by atoms with Gasteiger partial charge in [0.25, 0.3) is 5.91 Å². The maximum absolute atomic E-state index is 13.0. The van der Waals surface area contributed by atoms with Crippen LogP contribution in [0.25, 0.3) is 0 Å². The van der Waals surface area contributed by atoms with Crippen molar-refractivity contribution in [3.05, 3.63) is 48.3 Å². The number of piperidine rings is 1. The zero-order valence-electron chi connectivity index (χ0n) is 17.1. The smallest absolute Gasteiger partial charge is 0.274 e. The number of nitrogens with one attached hydrogen (secondary N) is 1. The highest BCUT2D eigenvalue weighted by atomic mass is 16.5. The molecule has 0 radical (unpaired) electrons. The summed E-state index contributed by atoms with van der Waals surface area (Å²) in [5.74, 6) is -0.169. The average Bonchev–Trinajstić information content (AvgIpc) is 2.80. The van der Waals surface area contributed by atoms with E-state index in [1.54, 1.807) is 6.20 Å². The summed E-state index contributed by atoms with van der Waals surface area (Å²) in [7, 11) is 0. The van der Waals surface area contributed by atoms with Crippen molar-refractivity contribution in [3.8, 4) is 0 Å². The molecule has 29 heavy (non-hydrogen) atoms. The normalized spacial score (nSPS) is 19.8. The van der Waals surface area contributed by atoms with Gasteiger partial charge in [0.2, 0.25) is 0 Å². The monoisotopic (exact) mass is 394 g/mol. The van der Waals surface area contributed by atoms with E-state index in [1.165, 1.54) is 19.3 Å². The molecule has 2 aliphatic heterocycles. The maximum atomic E-state index is 13.0. The minimum Gasteiger partial charge on any atom is -0.378 e. The van der Waals surface area contributed by atoms with E-state index in [1.807, 2.05) is 36.4 Å². The molecule has 154 valence electrons. The molecule has 0 bridgehead atoms. The van der Waals surface area contributed by atoms with Crippen LogP contribution in [0.4, 0.5) is 17.1 Å². The second-order valence-corrected chi connectivity index (χ2v) is 7.72. The first-order valence-electron chi connectivity index (χ1n) is 10.7. The van der Waals surface area contributed by atoms with Gasteiger partial charge in [-0.1, -0.05) is 19.1 Å². The Bertz CT molecular complexity index is 835. The molecule has 0 aliphatic carbocycles. The van der Waals surface area contributed by atoms with E-state index in [-0.39, 0.29) is 5.91 Å². The number of anilines is 3. The Labute approximate surface area is 172 Å². The molecule has 1 N–H and O–H groups in total. The third-order valence-corrected chi connectivity index (χ3v) is 5.91. The predicted molar refractivity (Wildman–Crippen MR) is 117 cm³/mol. The summed E-state index contributed by atoms with van der Waals surface area (Å²) in [4.78, 5) is 22.0. The van der Waals surface area contributed by atoms with Crippen LogP contribution in [0.15, 0.2) is 42.6 Å². The largest absolute Gasteiger partial charge is 0.378 e. The fourth-order valence-electron chi connectivity index (χ4n) is 4.33. The van der Waals surface area contributed by atoms with Crippen molar-refractivity contribution >= 4 is 23.0 Å². The molecule has 0 saturated carbocycles. The van der Waals surface area contributed by atoms with Gasteiger partial charge in [0.15, 0.2) is 0 Å². The lowest BCUT2D eigenvalue weighted by molar-refractivity contribution is 0.102. The van der Waals surface area contributed by atoms with E-state index in [0.717, 1.165) is 43.1 Å². The third-order valence-electron chi connectivity index (χ3n) is 5.91. The Kier molecular flexibility index (Phi) is 6.30. The minimum atomic E-state index is -0.169. The lowest BCUT2D eigenvalue weighted by Crippen LogP contribution is -2.39. The van der Waals surface area contributed by atoms with E-state index in [4.69, 9.17) is 4.74 Å². The summed E-state index contributed by atoms with van der Waals surface area (Å²) in [6, 6.07) is 12.4. The first-order valence-corrected chi connectivity index (χ1v) is 10.7. The van der Waals surface area contributed by atoms with Gasteiger partial charge in [-0.05, 0) is 49.9 Å². The molecule has 2 fully saturated rings. The number of hydrogen-bond acceptors (Lipinski definition) is 5. The second-order valence-electron chi connectivity index (χ2n) is 7.72. The summed E-state index contributed by atoms with van der Waals surface area (Å²) >= 11 is 0. The lowest BCUT2D eigenvalue weighted by Gasteiger charge is -2.37. The molecule has 3 heterocycles. The summed E-state index contributed by atoms with van der Waals surface area (Å²) < 4.78 is 5.46. The second kappa shape index (κ2) is 9.27. The van der Waals surface area contributed by atoms with Crippen molar-refractivity contribution in [2.75, 3.05) is 48.0 Å². The topological polar surface area (TPSA) is 57.7 Å². The van der Waals surface area contributed by atoms with Gasteiger partial charge in [-0.15, -0.1) is 0 Å². The Morgan fingerprint density at radius 3 is 2.83 bits per heavy atom. The summed E-state index contributed by atoms with van der Waals surface area (Å²) in [6.07, 6.45) is 6.57. The Morgan fingerprint density at radius 1 is 1.17 bits per heavy atom. The number of benzene rings is 1. The SMILES string of the molecule is CCC1CCCCN1c1ccnc(C(=O)Nc2ccccc2N2CCOCC2)c1. The number of amides is 1. The van der Waals surface area contributed by atoms with Crippen molar-refractivity contribution in [3.63, 3.8) is 0 Å². The number of carbonyl (C=O) groups is 1. The number of carbonyl (C=O) groups excluding carboxylic acids is 1. The van der Waals surface area contributed by atoms with E-state index >= 15 is 0 Å². The van der Waals surface area contributed by atoms with Crippen LogP contribution >= 0.6 is 0 Å². The molecule has 4 rings (SSSR count). The van der Waals surface area contributed by atoms with Crippen molar-refractivity contribution in [2.24, 2.45) is 0 Å². The van der Waals surface area contributed by atoms with Crippen molar-refractivity contribution < 1.29 is 9.53 Å². The fraction of sp³-hybridized carbons (Fsp3) is 0.478. The van der Waals surface area contributed by atoms with Gasteiger partial charge in [0.1, 0.15) is 5.69 Å². The number of ether oxygens (including phenoxy) is 1. The standard InChI is InChI=1S/C23H30N4O2/c1-2-18-7-5-6-12-27(18)19-10-11-24-21(17-19)23(28)25-20-8-3-4-9-22(20)26-13-15-29-16-14-26/h3-4,8-11,17-18H,2,5-7,12-16H2,1H3,(H,25,28). The number of nitrogens with zero attached hydrogens (tertiary/aromatic N) is 3. The molecular weight excluding hydrogens is 364 g/mol. The number of aromatic nitrogens is 1. The highest BCUT2D eigenvalue weighted by Crippen LogP contribution is 2.29. The van der Waals surface area contributed by atoms with Crippen molar-refractivity contribution in [1.29, 1.82) is 0 Å². The van der Waals surface area contributed by atoms with Crippen molar-refractivity contribution in [2.45, 2.75) is 38.6 Å². The number of pyridine rings is 1. The van der Waals surface area contributed by atoms with E-state index in [0.29, 0.717) is 24.9 Å². The molecular formula is C23H30N4O2. The molecule has 1 amide bonds. The molecule has 2 aliphatic rings. The van der Waals surface area contributed by atoms with Gasteiger partial charge >= 0.3 is 0 Å². The molecule has 2 saturated heterocycles. The molecule has 1 unspecified atom stereocenters. The molecule has 2 aromatic rings. The number of hydrogen-bond donors (Lipinski definition) is 1. The zero-order valence-corrected chi connectivity index (χ0v) is 17.1. The van der Waals surface area contributed by atoms with Crippen LogP contribution in [0.1, 0.15) is 43.1 Å². The Hall–Kier alpha value is -2.60. The maximum Gasteiger partial charge on any atom is 0.274 e. The van der Waals surface area contributed by atoms with Crippen LogP contribution in [0.2, 0.25) is 0 Å². The van der Waals surface area contributed by atoms with Crippen LogP contribution in [-0.4, -0.2) is 49.8 Å². The first-order chi connectivity index (χ1) is 14.3. The molecule has 1 atom stereocenters. The third kappa shape index (κ3) is 4.53. The van der Waals surface area contributed by atoms with Gasteiger partial charge < -0.3 is 19.9 Å². The Morgan fingerprint density at radius 2 is 2.00 bits per heavy atom. The van der Waals surface area contributed by atoms with Crippen LogP contribution in [-0.2, 0) is 4.74 Å². The fourth-order valence-corrected chi connectivity index (χ4v) is 4.33. The summed E-state index contributed by atoms with van der Waals surface area (Å²) in [6.45, 7) is 6.35. The van der Waals surface area contributed by atoms with Gasteiger partial charge in [0, 0.05) is 37.6 Å². The van der Waals surface area contributed by atoms with Crippen molar-refractivity contribution in [1.82, 2.24) is 4.98 Å². The van der Waals surface area contributed by atoms with E-state index in [2.05, 4.69) is 27.0 Å². The van der Waals surface area contributed by atoms with Crippen LogP contribution < -0.4 is 15.1 Å². The van der Waals surface area contributed by atoms with Gasteiger partial charge in [-0.2, -0.15) is 0 Å². The lowest BCUT2D eigenvalue weighted by atomic mass is 9.99. The molecule has 6 nitrogen and oxygen atoms in total. The van der Waals surface area contributed by atoms with Crippen LogP contribution in [0.5, 0.6) is 0 Å². The van der Waals surface area contributed by atoms with Crippen LogP contribution in [0.3, 0.4) is 0 Å². The predicted octanol–water partition coefficient (Wildman–Crippen LogP) is 3.94. The van der Waals surface area contributed by atoms with Gasteiger partial charge in [0.05, 0.1) is 24.6 Å². The molecule has 1 aromatic carbocycles. The Balaban J connectivity index is 1.52. The highest BCUT2D eigenvalue weighted by molar-refractivity contribution is 6.05. The van der Waals surface area contributed by atoms with Gasteiger partial charge in [-0.3, -0.25) is 9.78 Å². The molecule has 6 heteroatoms. The van der Waals surface area contributed by atoms with Crippen LogP contribution in [0, 0.1) is 0 Å². The van der Waals surface area contributed by atoms with Gasteiger partial charge in [-0.25, -0.2) is 0 Å². The first kappa shape index (κ1) is 19.7. The zero-order chi connectivity index (χ0) is 20.1. The minimum absolute atomic E-state index is 0.169. The number of para-hydroxylation sites is 2. The summed E-state index contributed by atoms with van der Waals surface area (Å²) in [5.41, 5.74) is 3.40. The molecule has 1 aromatic heterocycles. The van der Waals surface area contributed by atoms with E-state index < -0.39 is 0 Å². The quantitative estimate of drug-likeness (QED) is 0.832. The van der Waals surface area contributed by atoms with E-state index in [9.17, 15) is 4.79 Å². The highest BCUT2D eigenvalue weighted by Gasteiger charge is 2.22. The average molecular weight is 395 g/mol.